The molecule has 1 aliphatic rings. The summed E-state index contributed by atoms with van der Waals surface area (Å²) in [6.07, 6.45) is 3.19. The molecular formula is C23H31N3O. The van der Waals surface area contributed by atoms with Crippen LogP contribution in [0.15, 0.2) is 54.6 Å². The quantitative estimate of drug-likeness (QED) is 0.815. The summed E-state index contributed by atoms with van der Waals surface area (Å²) in [5, 5.41) is 0. The molecule has 144 valence electrons. The molecule has 1 atom stereocenters. The van der Waals surface area contributed by atoms with Crippen molar-refractivity contribution in [3.8, 4) is 0 Å². The van der Waals surface area contributed by atoms with Crippen molar-refractivity contribution in [1.82, 2.24) is 9.80 Å². The predicted molar refractivity (Wildman–Crippen MR) is 110 cm³/mol. The number of piperidine rings is 1. The zero-order chi connectivity index (χ0) is 19.1. The molecule has 1 aliphatic heterocycles. The summed E-state index contributed by atoms with van der Waals surface area (Å²) in [4.78, 5) is 17.7. The highest BCUT2D eigenvalue weighted by Crippen LogP contribution is 2.21. The number of carbonyl (C=O) groups is 1. The van der Waals surface area contributed by atoms with Gasteiger partial charge >= 0.3 is 0 Å². The van der Waals surface area contributed by atoms with Crippen molar-refractivity contribution in [3.63, 3.8) is 0 Å². The molecule has 1 unspecified atom stereocenters. The van der Waals surface area contributed by atoms with Gasteiger partial charge in [0.25, 0.3) is 5.91 Å². The van der Waals surface area contributed by atoms with Crippen LogP contribution in [-0.2, 0) is 13.1 Å². The lowest BCUT2D eigenvalue weighted by Crippen LogP contribution is -2.50. The third-order valence-corrected chi connectivity index (χ3v) is 5.33. The number of nitrogens with zero attached hydrogens (tertiary/aromatic N) is 2. The van der Waals surface area contributed by atoms with E-state index in [1.54, 1.807) is 0 Å². The van der Waals surface area contributed by atoms with E-state index in [4.69, 9.17) is 5.73 Å². The Morgan fingerprint density at radius 3 is 2.52 bits per heavy atom. The molecule has 0 aromatic heterocycles. The van der Waals surface area contributed by atoms with E-state index in [-0.39, 0.29) is 11.9 Å². The Kier molecular flexibility index (Phi) is 7.02. The maximum atomic E-state index is 13.2. The van der Waals surface area contributed by atoms with Crippen molar-refractivity contribution in [1.29, 1.82) is 0 Å². The normalized spacial score (nSPS) is 17.6. The highest BCUT2D eigenvalue weighted by atomic mass is 16.2. The Morgan fingerprint density at radius 1 is 1.11 bits per heavy atom. The molecule has 3 rings (SSSR count). The molecule has 1 saturated heterocycles. The van der Waals surface area contributed by atoms with Crippen LogP contribution in [0.25, 0.3) is 0 Å². The summed E-state index contributed by atoms with van der Waals surface area (Å²) < 4.78 is 0. The molecule has 0 radical (unpaired) electrons. The van der Waals surface area contributed by atoms with Gasteiger partial charge in [0.15, 0.2) is 0 Å². The first-order valence-electron chi connectivity index (χ1n) is 10.1. The van der Waals surface area contributed by atoms with E-state index in [9.17, 15) is 4.79 Å². The van der Waals surface area contributed by atoms with Gasteiger partial charge in [-0.2, -0.15) is 0 Å². The summed E-state index contributed by atoms with van der Waals surface area (Å²) >= 11 is 0. The molecule has 1 amide bonds. The van der Waals surface area contributed by atoms with Gasteiger partial charge < -0.3 is 10.6 Å². The third kappa shape index (κ3) is 5.18. The van der Waals surface area contributed by atoms with Crippen LogP contribution in [0, 0.1) is 0 Å². The Labute approximate surface area is 163 Å². The van der Waals surface area contributed by atoms with Crippen molar-refractivity contribution in [3.05, 3.63) is 71.3 Å². The largest absolute Gasteiger partial charge is 0.334 e. The zero-order valence-electron chi connectivity index (χ0n) is 16.3. The maximum Gasteiger partial charge on any atom is 0.254 e. The van der Waals surface area contributed by atoms with Gasteiger partial charge in [0.1, 0.15) is 0 Å². The summed E-state index contributed by atoms with van der Waals surface area (Å²) in [6, 6.07) is 18.6. The standard InChI is InChI=1S/C23H31N3O/c1-2-14-26(23(27)21-12-10-19(16-24)11-13-21)22-9-6-15-25(18-22)17-20-7-4-3-5-8-20/h3-5,7-8,10-13,22H,2,6,9,14-18,24H2,1H3. The molecule has 0 aliphatic carbocycles. The van der Waals surface area contributed by atoms with Crippen molar-refractivity contribution >= 4 is 5.91 Å². The van der Waals surface area contributed by atoms with Crippen LogP contribution in [0.4, 0.5) is 0 Å². The Bertz CT molecular complexity index is 714. The highest BCUT2D eigenvalue weighted by molar-refractivity contribution is 5.94. The Hall–Kier alpha value is -2.17. The van der Waals surface area contributed by atoms with Crippen LogP contribution in [0.1, 0.15) is 47.7 Å². The molecule has 4 heteroatoms. The topological polar surface area (TPSA) is 49.6 Å². The lowest BCUT2D eigenvalue weighted by molar-refractivity contribution is 0.0534. The molecule has 2 aromatic rings. The van der Waals surface area contributed by atoms with Gasteiger partial charge in [-0.05, 0) is 49.1 Å². The van der Waals surface area contributed by atoms with Gasteiger partial charge in [-0.15, -0.1) is 0 Å². The lowest BCUT2D eigenvalue weighted by Gasteiger charge is -2.39. The van der Waals surface area contributed by atoms with E-state index in [1.807, 2.05) is 24.3 Å². The minimum atomic E-state index is 0.145. The molecule has 2 aromatic carbocycles. The Balaban J connectivity index is 1.70. The van der Waals surface area contributed by atoms with E-state index in [2.05, 4.69) is 47.1 Å². The van der Waals surface area contributed by atoms with Crippen LogP contribution in [0.5, 0.6) is 0 Å². The molecule has 0 bridgehead atoms. The second-order valence-electron chi connectivity index (χ2n) is 7.42. The van der Waals surface area contributed by atoms with Gasteiger partial charge in [0.2, 0.25) is 0 Å². The first-order valence-corrected chi connectivity index (χ1v) is 10.1. The van der Waals surface area contributed by atoms with E-state index < -0.39 is 0 Å². The van der Waals surface area contributed by atoms with Gasteiger partial charge in [-0.1, -0.05) is 49.4 Å². The number of amides is 1. The number of likely N-dealkylation sites (tertiary alicyclic amines) is 1. The first kappa shape index (κ1) is 19.6. The fourth-order valence-electron chi connectivity index (χ4n) is 3.91. The molecular weight excluding hydrogens is 334 g/mol. The number of benzene rings is 2. The van der Waals surface area contributed by atoms with Crippen molar-refractivity contribution in [2.45, 2.75) is 45.3 Å². The lowest BCUT2D eigenvalue weighted by atomic mass is 10.0. The van der Waals surface area contributed by atoms with Crippen LogP contribution < -0.4 is 5.73 Å². The molecule has 0 spiro atoms. The summed E-state index contributed by atoms with van der Waals surface area (Å²) in [5.41, 5.74) is 8.84. The predicted octanol–water partition coefficient (Wildman–Crippen LogP) is 3.66. The van der Waals surface area contributed by atoms with Gasteiger partial charge in [-0.25, -0.2) is 0 Å². The number of hydrogen-bond acceptors (Lipinski definition) is 3. The monoisotopic (exact) mass is 365 g/mol. The van der Waals surface area contributed by atoms with E-state index in [1.165, 1.54) is 5.56 Å². The SMILES string of the molecule is CCCN(C(=O)c1ccc(CN)cc1)C1CCCN(Cc2ccccc2)C1. The van der Waals surface area contributed by atoms with Crippen LogP contribution >= 0.6 is 0 Å². The fraction of sp³-hybridized carbons (Fsp3) is 0.435. The number of carbonyl (C=O) groups excluding carboxylic acids is 1. The minimum absolute atomic E-state index is 0.145. The maximum absolute atomic E-state index is 13.2. The number of nitrogens with two attached hydrogens (primary N) is 1. The van der Waals surface area contributed by atoms with E-state index >= 15 is 0 Å². The molecule has 4 nitrogen and oxygen atoms in total. The molecule has 1 fully saturated rings. The van der Waals surface area contributed by atoms with Crippen LogP contribution in [0.3, 0.4) is 0 Å². The Morgan fingerprint density at radius 2 is 1.85 bits per heavy atom. The fourth-order valence-corrected chi connectivity index (χ4v) is 3.91. The second-order valence-corrected chi connectivity index (χ2v) is 7.42. The van der Waals surface area contributed by atoms with Crippen molar-refractivity contribution in [2.75, 3.05) is 19.6 Å². The van der Waals surface area contributed by atoms with Crippen LogP contribution in [-0.4, -0.2) is 41.4 Å². The van der Waals surface area contributed by atoms with Crippen molar-refractivity contribution in [2.24, 2.45) is 5.73 Å². The summed E-state index contributed by atoms with van der Waals surface area (Å²) in [7, 11) is 0. The van der Waals surface area contributed by atoms with Crippen LogP contribution in [0.2, 0.25) is 0 Å². The molecule has 27 heavy (non-hydrogen) atoms. The second kappa shape index (κ2) is 9.67. The van der Waals surface area contributed by atoms with Crippen molar-refractivity contribution < 1.29 is 4.79 Å². The molecule has 0 saturated carbocycles. The number of hydrogen-bond donors (Lipinski definition) is 1. The van der Waals surface area contributed by atoms with Gasteiger partial charge in [0, 0.05) is 37.8 Å². The van der Waals surface area contributed by atoms with Gasteiger partial charge in [0.05, 0.1) is 0 Å². The molecule has 1 heterocycles. The number of rotatable bonds is 7. The molecule has 2 N–H and O–H groups in total. The average Bonchev–Trinajstić information content (AvgIpc) is 2.72. The van der Waals surface area contributed by atoms with Gasteiger partial charge in [-0.3, -0.25) is 9.69 Å². The average molecular weight is 366 g/mol. The minimum Gasteiger partial charge on any atom is -0.334 e. The smallest absolute Gasteiger partial charge is 0.254 e. The summed E-state index contributed by atoms with van der Waals surface area (Å²) in [6.45, 7) is 6.46. The van der Waals surface area contributed by atoms with E-state index in [0.29, 0.717) is 6.54 Å². The third-order valence-electron chi connectivity index (χ3n) is 5.33. The zero-order valence-corrected chi connectivity index (χ0v) is 16.3. The highest BCUT2D eigenvalue weighted by Gasteiger charge is 2.28. The van der Waals surface area contributed by atoms with E-state index in [0.717, 1.165) is 56.6 Å². The first-order chi connectivity index (χ1) is 13.2. The summed E-state index contributed by atoms with van der Waals surface area (Å²) in [5.74, 6) is 0.145.